The normalized spacial score (nSPS) is 13.8. The van der Waals surface area contributed by atoms with Crippen molar-refractivity contribution in [1.82, 2.24) is 4.57 Å². The van der Waals surface area contributed by atoms with E-state index in [0.29, 0.717) is 0 Å². The van der Waals surface area contributed by atoms with Crippen LogP contribution in [0.5, 0.6) is 0 Å². The van der Waals surface area contributed by atoms with Gasteiger partial charge in [-0.15, -0.1) is 0 Å². The van der Waals surface area contributed by atoms with E-state index in [2.05, 4.69) is 240 Å². The predicted molar refractivity (Wildman–Crippen MR) is 262 cm³/mol. The lowest BCUT2D eigenvalue weighted by Gasteiger charge is -2.32. The third-order valence-corrected chi connectivity index (χ3v) is 13.9. The quantitative estimate of drug-likeness (QED) is 0.163. The number of para-hydroxylation sites is 2. The minimum atomic E-state index is -0.419. The predicted octanol–water partition coefficient (Wildman–Crippen LogP) is 15.6. The van der Waals surface area contributed by atoms with Gasteiger partial charge in [0.1, 0.15) is 0 Å². The van der Waals surface area contributed by atoms with E-state index < -0.39 is 5.41 Å². The van der Waals surface area contributed by atoms with Crippen LogP contribution in [0.3, 0.4) is 0 Å². The summed E-state index contributed by atoms with van der Waals surface area (Å²) in [6, 6.07) is 83.1. The molecule has 0 aliphatic heterocycles. The van der Waals surface area contributed by atoms with Gasteiger partial charge in [-0.05, 0) is 140 Å². The first-order valence-electron chi connectivity index (χ1n) is 22.1. The summed E-state index contributed by atoms with van der Waals surface area (Å²) in [6.07, 6.45) is 4.42. The van der Waals surface area contributed by atoms with E-state index in [4.69, 9.17) is 0 Å². The van der Waals surface area contributed by atoms with Crippen molar-refractivity contribution in [3.8, 4) is 39.1 Å². The van der Waals surface area contributed by atoms with Crippen molar-refractivity contribution in [1.29, 1.82) is 0 Å². The van der Waals surface area contributed by atoms with E-state index >= 15 is 0 Å². The van der Waals surface area contributed by atoms with Gasteiger partial charge in [0, 0.05) is 39.4 Å². The topological polar surface area (TPSA) is 8.17 Å². The molecule has 0 fully saturated rings. The zero-order valence-electron chi connectivity index (χ0n) is 34.7. The second-order valence-corrected chi connectivity index (χ2v) is 17.1. The first-order chi connectivity index (χ1) is 31.3. The molecule has 13 rings (SSSR count). The van der Waals surface area contributed by atoms with E-state index in [-0.39, 0.29) is 0 Å². The number of benzene rings is 9. The van der Waals surface area contributed by atoms with Crippen molar-refractivity contribution in [2.45, 2.75) is 18.3 Å². The van der Waals surface area contributed by atoms with Gasteiger partial charge in [-0.1, -0.05) is 170 Å². The number of fused-ring (bicyclic) bond motifs is 13. The minimum Gasteiger partial charge on any atom is -0.313 e. The monoisotopic (exact) mass is 802 g/mol. The molecule has 0 unspecified atom stereocenters. The molecule has 3 aliphatic carbocycles. The van der Waals surface area contributed by atoms with Crippen LogP contribution in [-0.4, -0.2) is 4.57 Å². The molecule has 0 saturated carbocycles. The molecule has 1 aromatic heterocycles. The van der Waals surface area contributed by atoms with Crippen molar-refractivity contribution in [3.63, 3.8) is 0 Å². The lowest BCUT2D eigenvalue weighted by atomic mass is 9.70. The Morgan fingerprint density at radius 2 is 0.873 bits per heavy atom. The van der Waals surface area contributed by atoms with E-state index in [9.17, 15) is 0 Å². The van der Waals surface area contributed by atoms with Crippen molar-refractivity contribution < 1.29 is 0 Å². The van der Waals surface area contributed by atoms with Crippen LogP contribution in [0.15, 0.2) is 224 Å². The third-order valence-electron chi connectivity index (χ3n) is 13.9. The molecule has 1 spiro atoms. The van der Waals surface area contributed by atoms with Gasteiger partial charge in [0.05, 0.1) is 10.9 Å². The Morgan fingerprint density at radius 1 is 0.381 bits per heavy atom. The Kier molecular flexibility index (Phi) is 7.98. The summed E-state index contributed by atoms with van der Waals surface area (Å²) >= 11 is 0. The molecule has 0 atom stereocenters. The highest BCUT2D eigenvalue weighted by molar-refractivity contribution is 6.00. The summed E-state index contributed by atoms with van der Waals surface area (Å²) in [6.45, 7) is 0. The number of anilines is 3. The highest BCUT2D eigenvalue weighted by atomic mass is 15.1. The van der Waals surface area contributed by atoms with Gasteiger partial charge in [-0.25, -0.2) is 0 Å². The van der Waals surface area contributed by atoms with Gasteiger partial charge in [0.2, 0.25) is 0 Å². The summed E-state index contributed by atoms with van der Waals surface area (Å²) in [5.74, 6) is 0. The zero-order chi connectivity index (χ0) is 41.5. The highest BCUT2D eigenvalue weighted by Gasteiger charge is 2.51. The summed E-state index contributed by atoms with van der Waals surface area (Å²) < 4.78 is 2.46. The fourth-order valence-corrected chi connectivity index (χ4v) is 11.3. The van der Waals surface area contributed by atoms with Crippen molar-refractivity contribution >= 4 is 39.6 Å². The SMILES string of the molecule is C1=C(c2ccc(N(c3ccc(-c4ccccc4)cc3)c3ccc4c(c3)C3(c5ccccc5-c5ccccc53)c3ccccc3-4)cc2)CCc2c1c1ccccc1n2-c1ccccc1. The van der Waals surface area contributed by atoms with Crippen LogP contribution in [0, 0.1) is 0 Å². The molecule has 3 aliphatic rings. The molecule has 1 heterocycles. The van der Waals surface area contributed by atoms with Gasteiger partial charge in [-0.2, -0.15) is 0 Å². The number of nitrogens with zero attached hydrogens (tertiary/aromatic N) is 2. The Hall–Kier alpha value is -7.94. The van der Waals surface area contributed by atoms with Crippen LogP contribution in [0.2, 0.25) is 0 Å². The van der Waals surface area contributed by atoms with Gasteiger partial charge in [-0.3, -0.25) is 0 Å². The molecule has 296 valence electrons. The van der Waals surface area contributed by atoms with Crippen LogP contribution in [0.1, 0.15) is 45.5 Å². The van der Waals surface area contributed by atoms with Crippen LogP contribution >= 0.6 is 0 Å². The van der Waals surface area contributed by atoms with Gasteiger partial charge in [0.25, 0.3) is 0 Å². The van der Waals surface area contributed by atoms with Crippen LogP contribution in [-0.2, 0) is 11.8 Å². The molecule has 0 N–H and O–H groups in total. The molecule has 0 radical (unpaired) electrons. The molecule has 2 heteroatoms. The Bertz CT molecular complexity index is 3360. The van der Waals surface area contributed by atoms with E-state index in [1.54, 1.807) is 0 Å². The lowest BCUT2D eigenvalue weighted by molar-refractivity contribution is 0.793. The Labute approximate surface area is 368 Å². The molecule has 10 aromatic rings. The van der Waals surface area contributed by atoms with Crippen molar-refractivity contribution in [3.05, 3.63) is 264 Å². The van der Waals surface area contributed by atoms with Crippen LogP contribution in [0.4, 0.5) is 17.1 Å². The molecular weight excluding hydrogens is 761 g/mol. The highest BCUT2D eigenvalue weighted by Crippen LogP contribution is 2.63. The largest absolute Gasteiger partial charge is 0.313 e. The molecule has 0 amide bonds. The third kappa shape index (κ3) is 5.31. The van der Waals surface area contributed by atoms with Gasteiger partial charge in [0.15, 0.2) is 0 Å². The van der Waals surface area contributed by atoms with E-state index in [1.807, 2.05) is 0 Å². The Morgan fingerprint density at radius 3 is 1.51 bits per heavy atom. The van der Waals surface area contributed by atoms with Crippen LogP contribution in [0.25, 0.3) is 61.6 Å². The Balaban J connectivity index is 0.957. The zero-order valence-corrected chi connectivity index (χ0v) is 34.7. The van der Waals surface area contributed by atoms with E-state index in [0.717, 1.165) is 29.9 Å². The summed E-state index contributed by atoms with van der Waals surface area (Å²) in [4.78, 5) is 2.45. The molecule has 9 aromatic carbocycles. The standard InChI is InChI=1S/C61H42N2/c1-3-15-41(16-4-1)42-27-32-46(33-28-42)62(47-34-29-43(30-35-47)44-31-38-60-54(39-44)53-22-10-14-26-59(53)63(60)45-17-5-2-6-18-45)48-36-37-52-51-21-9-13-25-57(51)61(58(52)40-48)55-23-11-7-19-49(55)50-20-8-12-24-56(50)61/h1-30,32-37,39-40H,31,38H2. The first-order valence-corrected chi connectivity index (χ1v) is 22.1. The smallest absolute Gasteiger partial charge is 0.0726 e. The molecule has 0 saturated heterocycles. The number of rotatable bonds is 6. The molecular formula is C61H42N2. The van der Waals surface area contributed by atoms with Crippen molar-refractivity contribution in [2.75, 3.05) is 4.90 Å². The molecule has 0 bridgehead atoms. The average Bonchev–Trinajstić information content (AvgIpc) is 3.96. The first kappa shape index (κ1) is 35.8. The number of hydrogen-bond donors (Lipinski definition) is 0. The maximum absolute atomic E-state index is 2.49. The van der Waals surface area contributed by atoms with Gasteiger partial charge < -0.3 is 9.47 Å². The fourth-order valence-electron chi connectivity index (χ4n) is 11.3. The second-order valence-electron chi connectivity index (χ2n) is 17.1. The average molecular weight is 803 g/mol. The number of hydrogen-bond acceptors (Lipinski definition) is 1. The lowest BCUT2D eigenvalue weighted by Crippen LogP contribution is -2.26. The molecule has 63 heavy (non-hydrogen) atoms. The molecule has 2 nitrogen and oxygen atoms in total. The minimum absolute atomic E-state index is 0.419. The second kappa shape index (κ2) is 14.1. The number of aromatic nitrogens is 1. The summed E-state index contributed by atoms with van der Waals surface area (Å²) in [5, 5.41) is 1.30. The number of allylic oxidation sites excluding steroid dienone is 1. The van der Waals surface area contributed by atoms with E-state index in [1.165, 1.54) is 94.6 Å². The summed E-state index contributed by atoms with van der Waals surface area (Å²) in [5.41, 5.74) is 23.9. The van der Waals surface area contributed by atoms with Crippen molar-refractivity contribution in [2.24, 2.45) is 0 Å². The fraction of sp³-hybridized carbons (Fsp3) is 0.0492. The van der Waals surface area contributed by atoms with Gasteiger partial charge >= 0.3 is 0 Å². The maximum Gasteiger partial charge on any atom is 0.0726 e. The maximum atomic E-state index is 2.49. The summed E-state index contributed by atoms with van der Waals surface area (Å²) in [7, 11) is 0. The van der Waals surface area contributed by atoms with Crippen LogP contribution < -0.4 is 4.90 Å².